The zero-order chi connectivity index (χ0) is 15.6. The van der Waals surface area contributed by atoms with Crippen LogP contribution in [0.15, 0.2) is 18.2 Å². The van der Waals surface area contributed by atoms with E-state index >= 15 is 0 Å². The Kier molecular flexibility index (Phi) is 4.17. The van der Waals surface area contributed by atoms with Gasteiger partial charge in [-0.05, 0) is 36.2 Å². The fourth-order valence-electron chi connectivity index (χ4n) is 1.61. The summed E-state index contributed by atoms with van der Waals surface area (Å²) in [4.78, 5) is 11.3. The van der Waals surface area contributed by atoms with Crippen LogP contribution < -0.4 is 10.1 Å². The minimum absolute atomic E-state index is 0.0103. The van der Waals surface area contributed by atoms with E-state index in [4.69, 9.17) is 16.3 Å². The molecule has 0 unspecified atom stereocenters. The Morgan fingerprint density at radius 1 is 1.19 bits per heavy atom. The second kappa shape index (κ2) is 5.72. The third-order valence-electron chi connectivity index (χ3n) is 2.57. The van der Waals surface area contributed by atoms with E-state index in [1.807, 2.05) is 0 Å². The molecule has 0 radical (unpaired) electrons. The zero-order valence-electron chi connectivity index (χ0n) is 11.0. The number of nitrogens with zero attached hydrogens (tertiary/aromatic N) is 3. The van der Waals surface area contributed by atoms with E-state index in [1.54, 1.807) is 0 Å². The topological polar surface area (TPSA) is 59.9 Å². The van der Waals surface area contributed by atoms with Crippen LogP contribution in [0.5, 0.6) is 6.01 Å². The molecule has 0 saturated carbocycles. The first kappa shape index (κ1) is 15.3. The van der Waals surface area contributed by atoms with Gasteiger partial charge in [0, 0.05) is 5.69 Å². The number of halogens is 4. The number of hydrogen-bond acceptors (Lipinski definition) is 5. The van der Waals surface area contributed by atoms with Crippen molar-refractivity contribution in [3.8, 4) is 6.01 Å². The molecule has 2 rings (SSSR count). The van der Waals surface area contributed by atoms with E-state index < -0.39 is 11.7 Å². The van der Waals surface area contributed by atoms with E-state index in [0.717, 1.165) is 6.07 Å². The molecule has 21 heavy (non-hydrogen) atoms. The molecule has 0 bridgehead atoms. The van der Waals surface area contributed by atoms with Crippen LogP contribution >= 0.6 is 11.6 Å². The van der Waals surface area contributed by atoms with Gasteiger partial charge in [0.1, 0.15) is 0 Å². The molecule has 0 amide bonds. The lowest BCUT2D eigenvalue weighted by atomic mass is 10.1. The number of aryl methyl sites for hydroxylation is 1. The number of benzene rings is 1. The molecular weight excluding hydrogens is 309 g/mol. The van der Waals surface area contributed by atoms with Crippen LogP contribution in [0.4, 0.5) is 24.8 Å². The van der Waals surface area contributed by atoms with Crippen molar-refractivity contribution in [1.82, 2.24) is 15.0 Å². The minimum Gasteiger partial charge on any atom is -0.467 e. The SMILES string of the molecule is COc1nc(Cl)nc(Nc2ccc(C)c(C(F)(F)F)c2)n1. The van der Waals surface area contributed by atoms with Gasteiger partial charge in [0.25, 0.3) is 0 Å². The zero-order valence-corrected chi connectivity index (χ0v) is 11.7. The van der Waals surface area contributed by atoms with Crippen LogP contribution in [0.1, 0.15) is 11.1 Å². The van der Waals surface area contributed by atoms with Gasteiger partial charge in [0.05, 0.1) is 12.7 Å². The molecule has 1 heterocycles. The van der Waals surface area contributed by atoms with Gasteiger partial charge in [-0.2, -0.15) is 28.1 Å². The summed E-state index contributed by atoms with van der Waals surface area (Å²) in [6.07, 6.45) is -4.43. The Balaban J connectivity index is 2.34. The van der Waals surface area contributed by atoms with Gasteiger partial charge in [0.15, 0.2) is 0 Å². The maximum atomic E-state index is 12.8. The predicted molar refractivity (Wildman–Crippen MR) is 70.9 cm³/mol. The molecule has 0 fully saturated rings. The maximum absolute atomic E-state index is 12.8. The molecular formula is C12H10ClF3N4O. The Morgan fingerprint density at radius 3 is 2.52 bits per heavy atom. The van der Waals surface area contributed by atoms with Crippen molar-refractivity contribution in [3.05, 3.63) is 34.6 Å². The highest BCUT2D eigenvalue weighted by Crippen LogP contribution is 2.33. The van der Waals surface area contributed by atoms with Gasteiger partial charge >= 0.3 is 12.2 Å². The van der Waals surface area contributed by atoms with Gasteiger partial charge in [-0.3, -0.25) is 0 Å². The molecule has 2 aromatic rings. The van der Waals surface area contributed by atoms with E-state index in [9.17, 15) is 13.2 Å². The van der Waals surface area contributed by atoms with Gasteiger partial charge in [-0.1, -0.05) is 6.07 Å². The first-order valence-electron chi connectivity index (χ1n) is 5.70. The fraction of sp³-hybridized carbons (Fsp3) is 0.250. The third kappa shape index (κ3) is 3.72. The summed E-state index contributed by atoms with van der Waals surface area (Å²) in [5, 5.41) is 2.50. The average Bonchev–Trinajstić information content (AvgIpc) is 2.39. The molecule has 0 aliphatic carbocycles. The van der Waals surface area contributed by atoms with Crippen LogP contribution in [0.25, 0.3) is 0 Å². The molecule has 0 saturated heterocycles. The van der Waals surface area contributed by atoms with Crippen LogP contribution in [0.3, 0.4) is 0 Å². The minimum atomic E-state index is -4.43. The lowest BCUT2D eigenvalue weighted by Gasteiger charge is -2.12. The smallest absolute Gasteiger partial charge is 0.416 e. The summed E-state index contributed by atoms with van der Waals surface area (Å²) in [6, 6.07) is 3.76. The lowest BCUT2D eigenvalue weighted by Crippen LogP contribution is -2.08. The monoisotopic (exact) mass is 318 g/mol. The molecule has 0 aliphatic heterocycles. The Morgan fingerprint density at radius 2 is 1.90 bits per heavy atom. The maximum Gasteiger partial charge on any atom is 0.416 e. The number of alkyl halides is 3. The van der Waals surface area contributed by atoms with Crippen LogP contribution in [-0.2, 0) is 6.18 Å². The van der Waals surface area contributed by atoms with Crippen LogP contribution in [-0.4, -0.2) is 22.1 Å². The second-order valence-corrected chi connectivity index (χ2v) is 4.41. The number of rotatable bonds is 3. The molecule has 0 spiro atoms. The van der Waals surface area contributed by atoms with E-state index in [1.165, 1.54) is 26.2 Å². The molecule has 1 N–H and O–H groups in total. The van der Waals surface area contributed by atoms with Gasteiger partial charge < -0.3 is 10.1 Å². The number of methoxy groups -OCH3 is 1. The predicted octanol–water partition coefficient (Wildman–Crippen LogP) is 3.60. The van der Waals surface area contributed by atoms with Gasteiger partial charge in [-0.25, -0.2) is 0 Å². The molecule has 112 valence electrons. The number of nitrogens with one attached hydrogen (secondary N) is 1. The summed E-state index contributed by atoms with van der Waals surface area (Å²) < 4.78 is 43.3. The van der Waals surface area contributed by atoms with Crippen molar-refractivity contribution in [2.75, 3.05) is 12.4 Å². The van der Waals surface area contributed by atoms with Crippen molar-refractivity contribution in [2.24, 2.45) is 0 Å². The number of anilines is 2. The van der Waals surface area contributed by atoms with Crippen LogP contribution in [0, 0.1) is 6.92 Å². The molecule has 0 aliphatic rings. The van der Waals surface area contributed by atoms with Crippen LogP contribution in [0.2, 0.25) is 5.28 Å². The fourth-order valence-corrected chi connectivity index (χ4v) is 1.77. The summed E-state index contributed by atoms with van der Waals surface area (Å²) in [7, 11) is 1.34. The molecule has 0 atom stereocenters. The normalized spacial score (nSPS) is 11.3. The number of aromatic nitrogens is 3. The Labute approximate surface area is 123 Å². The highest BCUT2D eigenvalue weighted by atomic mass is 35.5. The average molecular weight is 319 g/mol. The first-order valence-corrected chi connectivity index (χ1v) is 6.08. The standard InChI is InChI=1S/C12H10ClF3N4O/c1-6-3-4-7(5-8(6)12(14,15)16)17-10-18-9(13)19-11(20-10)21-2/h3-5H,1-2H3,(H,17,18,19,20). The Bertz CT molecular complexity index is 663. The molecule has 5 nitrogen and oxygen atoms in total. The second-order valence-electron chi connectivity index (χ2n) is 4.07. The highest BCUT2D eigenvalue weighted by molar-refractivity contribution is 6.28. The van der Waals surface area contributed by atoms with Gasteiger partial charge in [0.2, 0.25) is 11.2 Å². The summed E-state index contributed by atoms with van der Waals surface area (Å²) in [6.45, 7) is 1.38. The van der Waals surface area contributed by atoms with Crippen molar-refractivity contribution < 1.29 is 17.9 Å². The summed E-state index contributed by atoms with van der Waals surface area (Å²) in [5.74, 6) is -0.0103. The lowest BCUT2D eigenvalue weighted by molar-refractivity contribution is -0.138. The van der Waals surface area contributed by atoms with Crippen molar-refractivity contribution >= 4 is 23.2 Å². The van der Waals surface area contributed by atoms with Crippen molar-refractivity contribution in [2.45, 2.75) is 13.1 Å². The van der Waals surface area contributed by atoms with Crippen molar-refractivity contribution in [3.63, 3.8) is 0 Å². The summed E-state index contributed by atoms with van der Waals surface area (Å²) >= 11 is 5.66. The third-order valence-corrected chi connectivity index (χ3v) is 2.74. The molecule has 1 aromatic heterocycles. The number of hydrogen-bond donors (Lipinski definition) is 1. The van der Waals surface area contributed by atoms with Gasteiger partial charge in [-0.15, -0.1) is 0 Å². The Hall–Kier alpha value is -2.09. The van der Waals surface area contributed by atoms with E-state index in [-0.39, 0.29) is 28.5 Å². The molecule has 9 heteroatoms. The largest absolute Gasteiger partial charge is 0.467 e. The van der Waals surface area contributed by atoms with Crippen molar-refractivity contribution in [1.29, 1.82) is 0 Å². The van der Waals surface area contributed by atoms with E-state index in [0.29, 0.717) is 0 Å². The first-order chi connectivity index (χ1) is 9.79. The number of ether oxygens (including phenoxy) is 1. The van der Waals surface area contributed by atoms with E-state index in [2.05, 4.69) is 20.3 Å². The summed E-state index contributed by atoms with van der Waals surface area (Å²) in [5.41, 5.74) is -0.434. The molecule has 1 aromatic carbocycles. The quantitative estimate of drug-likeness (QED) is 0.937. The highest BCUT2D eigenvalue weighted by Gasteiger charge is 2.32.